The average Bonchev–Trinajstić information content (AvgIpc) is 3.41. The quantitative estimate of drug-likeness (QED) is 0.622. The van der Waals surface area contributed by atoms with Gasteiger partial charge in [-0.05, 0) is 74.2 Å². The summed E-state index contributed by atoms with van der Waals surface area (Å²) >= 11 is 1.20. The second-order valence-electron chi connectivity index (χ2n) is 7.49. The fraction of sp³-hybridized carbons (Fsp3) is 0.273. The molecule has 1 atom stereocenters. The van der Waals surface area contributed by atoms with E-state index in [0.29, 0.717) is 28.8 Å². The molecule has 1 fully saturated rings. The molecule has 0 bridgehead atoms. The van der Waals surface area contributed by atoms with E-state index >= 15 is 0 Å². The lowest BCUT2D eigenvalue weighted by Crippen LogP contribution is -2.45. The molecule has 4 rings (SSSR count). The van der Waals surface area contributed by atoms with Gasteiger partial charge in [-0.1, -0.05) is 17.4 Å². The van der Waals surface area contributed by atoms with Crippen LogP contribution in [-0.2, 0) is 4.79 Å². The molecule has 2 N–H and O–H groups in total. The number of likely N-dealkylation sites (tertiary alicyclic amines) is 1. The molecule has 1 aromatic heterocycles. The first kappa shape index (κ1) is 20.9. The number of hydrogen-bond donors (Lipinski definition) is 2. The van der Waals surface area contributed by atoms with E-state index in [2.05, 4.69) is 20.8 Å². The van der Waals surface area contributed by atoms with Crippen LogP contribution in [0, 0.1) is 19.7 Å². The molecule has 1 aliphatic heterocycles. The zero-order valence-corrected chi connectivity index (χ0v) is 18.0. The fourth-order valence-electron chi connectivity index (χ4n) is 3.47. The third-order valence-electron chi connectivity index (χ3n) is 5.32. The minimum absolute atomic E-state index is 0.297. The van der Waals surface area contributed by atoms with E-state index < -0.39 is 6.04 Å². The van der Waals surface area contributed by atoms with Crippen LogP contribution in [-0.4, -0.2) is 39.6 Å². The molecule has 3 aromatic rings. The average molecular weight is 440 g/mol. The fourth-order valence-corrected chi connectivity index (χ4v) is 4.22. The predicted molar refractivity (Wildman–Crippen MR) is 119 cm³/mol. The highest BCUT2D eigenvalue weighted by Gasteiger charge is 2.34. The highest BCUT2D eigenvalue weighted by Crippen LogP contribution is 2.27. The van der Waals surface area contributed by atoms with Crippen molar-refractivity contribution in [2.45, 2.75) is 32.7 Å². The second-order valence-corrected chi connectivity index (χ2v) is 8.47. The number of hydrogen-bond acceptors (Lipinski definition) is 5. The van der Waals surface area contributed by atoms with E-state index in [1.807, 2.05) is 32.0 Å². The largest absolute Gasteiger partial charge is 0.322 e. The number of aromatic nitrogens is 2. The van der Waals surface area contributed by atoms with E-state index in [4.69, 9.17) is 0 Å². The Morgan fingerprint density at radius 3 is 2.58 bits per heavy atom. The van der Waals surface area contributed by atoms with Crippen LogP contribution in [0.1, 0.15) is 24.0 Å². The third kappa shape index (κ3) is 4.72. The van der Waals surface area contributed by atoms with Crippen LogP contribution in [0.25, 0.3) is 10.6 Å². The SMILES string of the molecule is Cc1ccc(NC(=O)N2CCCC2C(=O)Nc2nnc(-c3ccc(F)cc3)s2)cc1C. The van der Waals surface area contributed by atoms with Crippen LogP contribution in [0.3, 0.4) is 0 Å². The van der Waals surface area contributed by atoms with Gasteiger partial charge >= 0.3 is 6.03 Å². The molecule has 1 saturated heterocycles. The van der Waals surface area contributed by atoms with Gasteiger partial charge in [0.15, 0.2) is 0 Å². The highest BCUT2D eigenvalue weighted by molar-refractivity contribution is 7.18. The maximum atomic E-state index is 13.1. The van der Waals surface area contributed by atoms with Crippen LogP contribution < -0.4 is 10.6 Å². The predicted octanol–water partition coefficient (Wildman–Crippen LogP) is 4.60. The third-order valence-corrected chi connectivity index (χ3v) is 6.21. The Morgan fingerprint density at radius 1 is 1.06 bits per heavy atom. The van der Waals surface area contributed by atoms with E-state index in [1.165, 1.54) is 23.5 Å². The molecule has 3 amide bonds. The Kier molecular flexibility index (Phi) is 5.94. The number of halogens is 1. The van der Waals surface area contributed by atoms with Crippen molar-refractivity contribution < 1.29 is 14.0 Å². The maximum Gasteiger partial charge on any atom is 0.322 e. The summed E-state index contributed by atoms with van der Waals surface area (Å²) in [5.41, 5.74) is 3.65. The molecule has 0 radical (unpaired) electrons. The van der Waals surface area contributed by atoms with Gasteiger partial charge < -0.3 is 10.2 Å². The van der Waals surface area contributed by atoms with E-state index in [9.17, 15) is 14.0 Å². The summed E-state index contributed by atoms with van der Waals surface area (Å²) in [6, 6.07) is 10.7. The van der Waals surface area contributed by atoms with Gasteiger partial charge in [0.1, 0.15) is 16.9 Å². The van der Waals surface area contributed by atoms with E-state index in [-0.39, 0.29) is 17.8 Å². The lowest BCUT2D eigenvalue weighted by atomic mass is 10.1. The Bertz CT molecular complexity index is 1120. The summed E-state index contributed by atoms with van der Waals surface area (Å²) in [7, 11) is 0. The Balaban J connectivity index is 1.41. The molecule has 31 heavy (non-hydrogen) atoms. The standard InChI is InChI=1S/C22H22FN5O2S/c1-13-5-10-17(12-14(13)2)24-22(30)28-11-3-4-18(28)19(29)25-21-27-26-20(31-21)15-6-8-16(23)9-7-15/h5-10,12,18H,3-4,11H2,1-2H3,(H,24,30)(H,25,27,29). The van der Waals surface area contributed by atoms with E-state index in [1.54, 1.807) is 17.0 Å². The Labute approximate surface area is 183 Å². The zero-order chi connectivity index (χ0) is 22.0. The van der Waals surface area contributed by atoms with Gasteiger partial charge in [0, 0.05) is 17.8 Å². The molecule has 2 aromatic carbocycles. The number of aryl methyl sites for hydroxylation is 2. The summed E-state index contributed by atoms with van der Waals surface area (Å²) < 4.78 is 13.1. The number of urea groups is 1. The molecule has 1 aliphatic rings. The lowest BCUT2D eigenvalue weighted by Gasteiger charge is -2.24. The van der Waals surface area contributed by atoms with Gasteiger partial charge in [-0.25, -0.2) is 9.18 Å². The van der Waals surface area contributed by atoms with Crippen LogP contribution in [0.2, 0.25) is 0 Å². The molecular formula is C22H22FN5O2S. The van der Waals surface area contributed by atoms with Crippen molar-refractivity contribution in [3.63, 3.8) is 0 Å². The minimum Gasteiger partial charge on any atom is -0.312 e. The summed E-state index contributed by atoms with van der Waals surface area (Å²) in [5, 5.41) is 14.6. The van der Waals surface area contributed by atoms with Crippen molar-refractivity contribution in [3.8, 4) is 10.6 Å². The number of amides is 3. The molecule has 0 spiro atoms. The van der Waals surface area contributed by atoms with Gasteiger partial charge in [-0.3, -0.25) is 10.1 Å². The number of carbonyl (C=O) groups excluding carboxylic acids is 2. The minimum atomic E-state index is -0.579. The number of carbonyl (C=O) groups is 2. The molecule has 160 valence electrons. The lowest BCUT2D eigenvalue weighted by molar-refractivity contribution is -0.119. The molecule has 9 heteroatoms. The number of nitrogens with zero attached hydrogens (tertiary/aromatic N) is 3. The first-order chi connectivity index (χ1) is 14.9. The molecule has 7 nitrogen and oxygen atoms in total. The van der Waals surface area contributed by atoms with Crippen molar-refractivity contribution in [1.29, 1.82) is 0 Å². The number of benzene rings is 2. The van der Waals surface area contributed by atoms with Gasteiger partial charge in [0.2, 0.25) is 11.0 Å². The first-order valence-electron chi connectivity index (χ1n) is 9.96. The molecule has 0 saturated carbocycles. The maximum absolute atomic E-state index is 13.1. The topological polar surface area (TPSA) is 87.2 Å². The van der Waals surface area contributed by atoms with E-state index in [0.717, 1.165) is 23.1 Å². The normalized spacial score (nSPS) is 15.7. The van der Waals surface area contributed by atoms with Crippen LogP contribution in [0.5, 0.6) is 0 Å². The van der Waals surface area contributed by atoms with Gasteiger partial charge in [-0.15, -0.1) is 10.2 Å². The second kappa shape index (κ2) is 8.81. The number of anilines is 2. The monoisotopic (exact) mass is 439 g/mol. The van der Waals surface area contributed by atoms with Crippen LogP contribution in [0.4, 0.5) is 20.0 Å². The van der Waals surface area contributed by atoms with Crippen molar-refractivity contribution in [2.75, 3.05) is 17.2 Å². The highest BCUT2D eigenvalue weighted by atomic mass is 32.1. The van der Waals surface area contributed by atoms with Crippen molar-refractivity contribution in [2.24, 2.45) is 0 Å². The Hall–Kier alpha value is -3.33. The molecule has 1 unspecified atom stereocenters. The van der Waals surface area contributed by atoms with Crippen LogP contribution >= 0.6 is 11.3 Å². The number of rotatable bonds is 4. The van der Waals surface area contributed by atoms with Crippen molar-refractivity contribution in [1.82, 2.24) is 15.1 Å². The number of nitrogens with one attached hydrogen (secondary N) is 2. The summed E-state index contributed by atoms with van der Waals surface area (Å²) in [6.45, 7) is 4.50. The van der Waals surface area contributed by atoms with Gasteiger partial charge in [0.25, 0.3) is 0 Å². The van der Waals surface area contributed by atoms with Crippen LogP contribution in [0.15, 0.2) is 42.5 Å². The zero-order valence-electron chi connectivity index (χ0n) is 17.2. The molecule has 2 heterocycles. The van der Waals surface area contributed by atoms with Crippen molar-refractivity contribution >= 4 is 34.1 Å². The Morgan fingerprint density at radius 2 is 1.84 bits per heavy atom. The summed E-state index contributed by atoms with van der Waals surface area (Å²) in [4.78, 5) is 27.1. The molecule has 0 aliphatic carbocycles. The summed E-state index contributed by atoms with van der Waals surface area (Å²) in [6.07, 6.45) is 1.32. The smallest absolute Gasteiger partial charge is 0.312 e. The van der Waals surface area contributed by atoms with Gasteiger partial charge in [-0.2, -0.15) is 0 Å². The summed E-state index contributed by atoms with van der Waals surface area (Å²) in [5.74, 6) is -0.628. The first-order valence-corrected chi connectivity index (χ1v) is 10.8. The molecular weight excluding hydrogens is 417 g/mol. The van der Waals surface area contributed by atoms with Crippen molar-refractivity contribution in [3.05, 3.63) is 59.4 Å². The van der Waals surface area contributed by atoms with Gasteiger partial charge in [0.05, 0.1) is 0 Å².